The SMILES string of the molecule is COc1cc(Nc2nc(-c3ccccc3)nc(N3CCC(NC(C)=O)C3)n2)ccc1-c1cnco1. The van der Waals surface area contributed by atoms with Gasteiger partial charge in [0.15, 0.2) is 18.0 Å². The maximum Gasteiger partial charge on any atom is 0.232 e. The van der Waals surface area contributed by atoms with Crippen LogP contribution >= 0.6 is 0 Å². The molecule has 10 nitrogen and oxygen atoms in total. The lowest BCUT2D eigenvalue weighted by molar-refractivity contribution is -0.119. The number of carbonyl (C=O) groups is 1. The van der Waals surface area contributed by atoms with Crippen molar-refractivity contribution in [1.29, 1.82) is 0 Å². The lowest BCUT2D eigenvalue weighted by atomic mass is 10.1. The molecule has 0 radical (unpaired) electrons. The highest BCUT2D eigenvalue weighted by molar-refractivity contribution is 5.73. The second-order valence-electron chi connectivity index (χ2n) is 8.19. The topological polar surface area (TPSA) is 118 Å². The Morgan fingerprint density at radius 3 is 2.74 bits per heavy atom. The van der Waals surface area contributed by atoms with Crippen LogP contribution in [0, 0.1) is 0 Å². The molecule has 35 heavy (non-hydrogen) atoms. The minimum absolute atomic E-state index is 0.0393. The fourth-order valence-electron chi connectivity index (χ4n) is 4.08. The summed E-state index contributed by atoms with van der Waals surface area (Å²) >= 11 is 0. The van der Waals surface area contributed by atoms with Crippen molar-refractivity contribution in [2.75, 3.05) is 30.4 Å². The van der Waals surface area contributed by atoms with Crippen LogP contribution in [0.3, 0.4) is 0 Å². The van der Waals surface area contributed by atoms with E-state index in [4.69, 9.17) is 14.1 Å². The Morgan fingerprint density at radius 1 is 1.14 bits per heavy atom. The van der Waals surface area contributed by atoms with Gasteiger partial charge in [-0.25, -0.2) is 4.98 Å². The molecule has 1 atom stereocenters. The Hall–Kier alpha value is -4.47. The van der Waals surface area contributed by atoms with E-state index in [0.29, 0.717) is 35.8 Å². The summed E-state index contributed by atoms with van der Waals surface area (Å²) in [5.41, 5.74) is 2.42. The van der Waals surface area contributed by atoms with Crippen molar-refractivity contribution in [2.45, 2.75) is 19.4 Å². The van der Waals surface area contributed by atoms with Gasteiger partial charge in [-0.15, -0.1) is 0 Å². The average molecular weight is 472 g/mol. The third-order valence-electron chi connectivity index (χ3n) is 5.69. The lowest BCUT2D eigenvalue weighted by Crippen LogP contribution is -2.36. The number of carbonyl (C=O) groups excluding carboxylic acids is 1. The summed E-state index contributed by atoms with van der Waals surface area (Å²) in [7, 11) is 1.60. The molecule has 4 aromatic rings. The van der Waals surface area contributed by atoms with E-state index in [2.05, 4.69) is 30.5 Å². The highest BCUT2D eigenvalue weighted by Gasteiger charge is 2.26. The second-order valence-corrected chi connectivity index (χ2v) is 8.19. The first kappa shape index (κ1) is 22.3. The Labute approximate surface area is 202 Å². The molecule has 0 spiro atoms. The first-order valence-corrected chi connectivity index (χ1v) is 11.3. The first-order valence-electron chi connectivity index (χ1n) is 11.3. The van der Waals surface area contributed by atoms with Gasteiger partial charge in [-0.2, -0.15) is 15.0 Å². The maximum absolute atomic E-state index is 11.5. The van der Waals surface area contributed by atoms with Crippen molar-refractivity contribution in [1.82, 2.24) is 25.3 Å². The van der Waals surface area contributed by atoms with Crippen LogP contribution in [-0.4, -0.2) is 52.1 Å². The summed E-state index contributed by atoms with van der Waals surface area (Å²) in [5.74, 6) is 2.73. The molecule has 1 amide bonds. The van der Waals surface area contributed by atoms with E-state index < -0.39 is 0 Å². The van der Waals surface area contributed by atoms with E-state index in [0.717, 1.165) is 29.8 Å². The highest BCUT2D eigenvalue weighted by Crippen LogP contribution is 2.33. The Morgan fingerprint density at radius 2 is 2.00 bits per heavy atom. The normalized spacial score (nSPS) is 15.1. The zero-order valence-electron chi connectivity index (χ0n) is 19.4. The predicted octanol–water partition coefficient (Wildman–Crippen LogP) is 3.66. The number of ether oxygens (including phenoxy) is 1. The number of amides is 1. The summed E-state index contributed by atoms with van der Waals surface area (Å²) < 4.78 is 11.0. The van der Waals surface area contributed by atoms with Crippen molar-refractivity contribution in [3.8, 4) is 28.5 Å². The van der Waals surface area contributed by atoms with Crippen LogP contribution < -0.4 is 20.3 Å². The van der Waals surface area contributed by atoms with Gasteiger partial charge in [0.1, 0.15) is 5.75 Å². The van der Waals surface area contributed by atoms with Crippen LogP contribution in [0.25, 0.3) is 22.7 Å². The Balaban J connectivity index is 1.46. The van der Waals surface area contributed by atoms with Crippen LogP contribution in [-0.2, 0) is 4.79 Å². The molecule has 0 saturated carbocycles. The van der Waals surface area contributed by atoms with Crippen molar-refractivity contribution in [3.05, 3.63) is 61.1 Å². The monoisotopic (exact) mass is 471 g/mol. The molecule has 1 saturated heterocycles. The number of methoxy groups -OCH3 is 1. The molecule has 10 heteroatoms. The fourth-order valence-corrected chi connectivity index (χ4v) is 4.08. The largest absolute Gasteiger partial charge is 0.496 e. The van der Waals surface area contributed by atoms with E-state index in [1.165, 1.54) is 13.3 Å². The van der Waals surface area contributed by atoms with E-state index in [1.807, 2.05) is 48.5 Å². The summed E-state index contributed by atoms with van der Waals surface area (Å²) in [5, 5.41) is 6.26. The minimum Gasteiger partial charge on any atom is -0.496 e. The van der Waals surface area contributed by atoms with Gasteiger partial charge in [-0.05, 0) is 18.6 Å². The molecule has 0 aliphatic carbocycles. The number of aromatic nitrogens is 4. The summed E-state index contributed by atoms with van der Waals surface area (Å²) in [6.45, 7) is 2.91. The number of hydrogen-bond acceptors (Lipinski definition) is 9. The van der Waals surface area contributed by atoms with E-state index >= 15 is 0 Å². The number of nitrogens with zero attached hydrogens (tertiary/aromatic N) is 5. The van der Waals surface area contributed by atoms with Crippen molar-refractivity contribution in [2.24, 2.45) is 0 Å². The zero-order valence-corrected chi connectivity index (χ0v) is 19.4. The van der Waals surface area contributed by atoms with Gasteiger partial charge in [-0.1, -0.05) is 30.3 Å². The molecule has 1 fully saturated rings. The summed E-state index contributed by atoms with van der Waals surface area (Å²) in [6, 6.07) is 15.5. The summed E-state index contributed by atoms with van der Waals surface area (Å²) in [6.07, 6.45) is 3.85. The van der Waals surface area contributed by atoms with Crippen LogP contribution in [0.4, 0.5) is 17.6 Å². The second kappa shape index (κ2) is 9.80. The lowest BCUT2D eigenvalue weighted by Gasteiger charge is -2.18. The molecule has 2 aromatic heterocycles. The molecule has 5 rings (SSSR count). The molecule has 178 valence electrons. The number of oxazole rings is 1. The predicted molar refractivity (Wildman–Crippen MR) is 131 cm³/mol. The van der Waals surface area contributed by atoms with Crippen molar-refractivity contribution < 1.29 is 13.9 Å². The molecule has 1 aliphatic rings. The smallest absolute Gasteiger partial charge is 0.232 e. The van der Waals surface area contributed by atoms with Gasteiger partial charge in [0.2, 0.25) is 17.8 Å². The fraction of sp³-hybridized carbons (Fsp3) is 0.240. The first-order chi connectivity index (χ1) is 17.1. The minimum atomic E-state index is -0.0393. The van der Waals surface area contributed by atoms with Crippen molar-refractivity contribution in [3.63, 3.8) is 0 Å². The number of rotatable bonds is 7. The molecule has 2 N–H and O–H groups in total. The zero-order chi connectivity index (χ0) is 24.2. The molecule has 0 bridgehead atoms. The number of benzene rings is 2. The van der Waals surface area contributed by atoms with Gasteiger partial charge < -0.3 is 24.7 Å². The van der Waals surface area contributed by atoms with Gasteiger partial charge in [0.05, 0.1) is 18.9 Å². The van der Waals surface area contributed by atoms with E-state index in [1.54, 1.807) is 13.3 Å². The standard InChI is InChI=1S/C25H25N7O3/c1-16(33)27-19-10-11-32(14-19)25-30-23(17-6-4-3-5-7-17)29-24(31-25)28-18-8-9-20(21(12-18)34-2)22-13-26-15-35-22/h3-9,12-13,15,19H,10-11,14H2,1-2H3,(H,27,33)(H,28,29,30,31). The quantitative estimate of drug-likeness (QED) is 0.416. The number of anilines is 3. The van der Waals surface area contributed by atoms with E-state index in [9.17, 15) is 4.79 Å². The third-order valence-corrected chi connectivity index (χ3v) is 5.69. The average Bonchev–Trinajstić information content (AvgIpc) is 3.57. The van der Waals surface area contributed by atoms with Crippen LogP contribution in [0.2, 0.25) is 0 Å². The van der Waals surface area contributed by atoms with Gasteiger partial charge in [0.25, 0.3) is 0 Å². The Kier molecular flexibility index (Phi) is 6.25. The van der Waals surface area contributed by atoms with Gasteiger partial charge in [0, 0.05) is 43.4 Å². The van der Waals surface area contributed by atoms with Crippen LogP contribution in [0.1, 0.15) is 13.3 Å². The summed E-state index contributed by atoms with van der Waals surface area (Å²) in [4.78, 5) is 31.6. The molecular formula is C25H25N7O3. The van der Waals surface area contributed by atoms with Crippen molar-refractivity contribution >= 4 is 23.5 Å². The van der Waals surface area contributed by atoms with Crippen LogP contribution in [0.5, 0.6) is 5.75 Å². The van der Waals surface area contributed by atoms with E-state index in [-0.39, 0.29) is 11.9 Å². The molecule has 1 unspecified atom stereocenters. The number of hydrogen-bond donors (Lipinski definition) is 2. The van der Waals surface area contributed by atoms with Gasteiger partial charge >= 0.3 is 0 Å². The highest BCUT2D eigenvalue weighted by atomic mass is 16.5. The molecule has 2 aromatic carbocycles. The van der Waals surface area contributed by atoms with Crippen LogP contribution in [0.15, 0.2) is 65.5 Å². The molecule has 1 aliphatic heterocycles. The maximum atomic E-state index is 11.5. The Bertz CT molecular complexity index is 1310. The molecular weight excluding hydrogens is 446 g/mol. The molecule has 3 heterocycles. The number of nitrogens with one attached hydrogen (secondary N) is 2. The third kappa shape index (κ3) is 5.06. The van der Waals surface area contributed by atoms with Gasteiger partial charge in [-0.3, -0.25) is 4.79 Å².